The van der Waals surface area contributed by atoms with E-state index in [4.69, 9.17) is 9.72 Å². The number of nitrogens with one attached hydrogen (secondary N) is 1. The summed E-state index contributed by atoms with van der Waals surface area (Å²) in [7, 11) is 0. The molecule has 186 valence electrons. The number of halogens is 3. The van der Waals surface area contributed by atoms with Gasteiger partial charge >= 0.3 is 12.1 Å². The van der Waals surface area contributed by atoms with Crippen LogP contribution in [0, 0.1) is 6.92 Å². The molecule has 5 rings (SSSR count). The molecule has 0 unspecified atom stereocenters. The average Bonchev–Trinajstić information content (AvgIpc) is 3.21. The quantitative estimate of drug-likeness (QED) is 0.234. The summed E-state index contributed by atoms with van der Waals surface area (Å²) in [6.07, 6.45) is 3.38. The van der Waals surface area contributed by atoms with Crippen LogP contribution in [0.15, 0.2) is 66.9 Å². The topological polar surface area (TPSA) is 55.6 Å². The number of esters is 1. The molecule has 1 aliphatic rings. The lowest BCUT2D eigenvalue weighted by atomic mass is 9.95. The first-order chi connectivity index (χ1) is 17.3. The van der Waals surface area contributed by atoms with E-state index in [1.54, 1.807) is 18.2 Å². The lowest BCUT2D eigenvalue weighted by Gasteiger charge is -2.24. The third kappa shape index (κ3) is 5.08. The zero-order chi connectivity index (χ0) is 25.3. The first-order valence-corrected chi connectivity index (χ1v) is 12.0. The second-order valence-electron chi connectivity index (χ2n) is 9.21. The van der Waals surface area contributed by atoms with E-state index in [0.29, 0.717) is 6.04 Å². The number of imidazole rings is 1. The Bertz CT molecular complexity index is 1390. The second-order valence-corrected chi connectivity index (χ2v) is 9.21. The summed E-state index contributed by atoms with van der Waals surface area (Å²) < 4.78 is 46.0. The lowest BCUT2D eigenvalue weighted by Crippen LogP contribution is -2.23. The predicted molar refractivity (Wildman–Crippen MR) is 132 cm³/mol. The standard InChI is InChI=1S/C28H26F3N3O2/c1-18-14-15-34-24(16-18)33-25(26(34)32-22-7-3-2-4-8-22)20-6-5-9-23(17-20)36-27(35)19-10-12-21(13-11-19)28(29,30)31/h5-6,9-17,22,32H,2-4,7-8H2,1H3. The highest BCUT2D eigenvalue weighted by molar-refractivity contribution is 5.91. The Labute approximate surface area is 206 Å². The van der Waals surface area contributed by atoms with Gasteiger partial charge in [0.2, 0.25) is 0 Å². The summed E-state index contributed by atoms with van der Waals surface area (Å²) in [5.74, 6) is 0.449. The first kappa shape index (κ1) is 23.9. The van der Waals surface area contributed by atoms with Crippen molar-refractivity contribution in [1.29, 1.82) is 0 Å². The van der Waals surface area contributed by atoms with Crippen LogP contribution in [0.1, 0.15) is 53.6 Å². The van der Waals surface area contributed by atoms with Gasteiger partial charge < -0.3 is 10.1 Å². The molecular formula is C28H26F3N3O2. The maximum Gasteiger partial charge on any atom is 0.416 e. The summed E-state index contributed by atoms with van der Waals surface area (Å²) in [6, 6.07) is 15.4. The van der Waals surface area contributed by atoms with Gasteiger partial charge in [-0.15, -0.1) is 0 Å². The van der Waals surface area contributed by atoms with E-state index in [1.807, 2.05) is 35.7 Å². The van der Waals surface area contributed by atoms with Crippen molar-refractivity contribution in [3.05, 3.63) is 83.6 Å². The summed E-state index contributed by atoms with van der Waals surface area (Å²) in [4.78, 5) is 17.5. The lowest BCUT2D eigenvalue weighted by molar-refractivity contribution is -0.137. The molecule has 1 fully saturated rings. The third-order valence-corrected chi connectivity index (χ3v) is 6.49. The van der Waals surface area contributed by atoms with Crippen LogP contribution in [0.5, 0.6) is 5.75 Å². The van der Waals surface area contributed by atoms with Gasteiger partial charge in [-0.2, -0.15) is 13.2 Å². The molecule has 0 saturated heterocycles. The van der Waals surface area contributed by atoms with Crippen molar-refractivity contribution < 1.29 is 22.7 Å². The number of aromatic nitrogens is 2. The van der Waals surface area contributed by atoms with E-state index in [0.717, 1.165) is 65.4 Å². The molecule has 0 spiro atoms. The monoisotopic (exact) mass is 493 g/mol. The van der Waals surface area contributed by atoms with Gasteiger partial charge in [0.25, 0.3) is 0 Å². The summed E-state index contributed by atoms with van der Waals surface area (Å²) in [5, 5.41) is 3.69. The maximum absolute atomic E-state index is 12.8. The van der Waals surface area contributed by atoms with Gasteiger partial charge in [0.05, 0.1) is 11.1 Å². The molecule has 2 aromatic heterocycles. The average molecular weight is 494 g/mol. The largest absolute Gasteiger partial charge is 0.423 e. The SMILES string of the molecule is Cc1ccn2c(NC3CCCCC3)c(-c3cccc(OC(=O)c4ccc(C(F)(F)F)cc4)c3)nc2c1. The van der Waals surface area contributed by atoms with Crippen LogP contribution >= 0.6 is 0 Å². The molecule has 8 heteroatoms. The maximum atomic E-state index is 12.8. The number of anilines is 1. The van der Waals surface area contributed by atoms with Crippen LogP contribution < -0.4 is 10.1 Å². The normalized spacial score (nSPS) is 14.7. The minimum Gasteiger partial charge on any atom is -0.423 e. The number of benzene rings is 2. The van der Waals surface area contributed by atoms with E-state index in [1.165, 1.54) is 19.3 Å². The van der Waals surface area contributed by atoms with Crippen LogP contribution in [0.3, 0.4) is 0 Å². The molecule has 0 amide bonds. The Morgan fingerprint density at radius 2 is 1.78 bits per heavy atom. The van der Waals surface area contributed by atoms with E-state index in [9.17, 15) is 18.0 Å². The fourth-order valence-electron chi connectivity index (χ4n) is 4.59. The number of alkyl halides is 3. The highest BCUT2D eigenvalue weighted by Gasteiger charge is 2.30. The molecule has 4 aromatic rings. The molecule has 1 saturated carbocycles. The third-order valence-electron chi connectivity index (χ3n) is 6.49. The van der Waals surface area contributed by atoms with Crippen molar-refractivity contribution in [3.8, 4) is 17.0 Å². The molecule has 36 heavy (non-hydrogen) atoms. The first-order valence-electron chi connectivity index (χ1n) is 12.0. The van der Waals surface area contributed by atoms with Gasteiger partial charge in [-0.1, -0.05) is 31.4 Å². The number of ether oxygens (including phenoxy) is 1. The second kappa shape index (κ2) is 9.68. The molecule has 0 aliphatic heterocycles. The number of aryl methyl sites for hydroxylation is 1. The van der Waals surface area contributed by atoms with Crippen molar-refractivity contribution in [3.63, 3.8) is 0 Å². The van der Waals surface area contributed by atoms with Crippen LogP contribution in [-0.4, -0.2) is 21.4 Å². The number of pyridine rings is 1. The zero-order valence-corrected chi connectivity index (χ0v) is 19.8. The van der Waals surface area contributed by atoms with Crippen molar-refractivity contribution >= 4 is 17.4 Å². The van der Waals surface area contributed by atoms with Crippen molar-refractivity contribution in [2.24, 2.45) is 0 Å². The molecule has 1 aliphatic carbocycles. The van der Waals surface area contributed by atoms with E-state index in [2.05, 4.69) is 5.32 Å². The molecule has 0 radical (unpaired) electrons. The van der Waals surface area contributed by atoms with Gasteiger partial charge in [0, 0.05) is 17.8 Å². The van der Waals surface area contributed by atoms with Crippen molar-refractivity contribution in [2.45, 2.75) is 51.2 Å². The van der Waals surface area contributed by atoms with E-state index >= 15 is 0 Å². The predicted octanol–water partition coefficient (Wildman–Crippen LogP) is 7.29. The van der Waals surface area contributed by atoms with Gasteiger partial charge in [-0.25, -0.2) is 9.78 Å². The van der Waals surface area contributed by atoms with E-state index in [-0.39, 0.29) is 11.3 Å². The Balaban J connectivity index is 1.44. The minimum atomic E-state index is -4.47. The van der Waals surface area contributed by atoms with Crippen LogP contribution in [0.2, 0.25) is 0 Å². The fraction of sp³-hybridized carbons (Fsp3) is 0.286. The van der Waals surface area contributed by atoms with Gasteiger partial charge in [-0.3, -0.25) is 4.40 Å². The Hall–Kier alpha value is -3.81. The molecule has 0 atom stereocenters. The van der Waals surface area contributed by atoms with E-state index < -0.39 is 17.7 Å². The number of carbonyl (C=O) groups excluding carboxylic acids is 1. The Morgan fingerprint density at radius 3 is 2.50 bits per heavy atom. The fourth-order valence-corrected chi connectivity index (χ4v) is 4.59. The highest BCUT2D eigenvalue weighted by atomic mass is 19.4. The molecule has 5 nitrogen and oxygen atoms in total. The Morgan fingerprint density at radius 1 is 1.03 bits per heavy atom. The molecule has 0 bridgehead atoms. The van der Waals surface area contributed by atoms with Crippen LogP contribution in [-0.2, 0) is 6.18 Å². The van der Waals surface area contributed by atoms with Crippen LogP contribution in [0.4, 0.5) is 19.0 Å². The van der Waals surface area contributed by atoms with Crippen molar-refractivity contribution in [2.75, 3.05) is 5.32 Å². The molecular weight excluding hydrogens is 467 g/mol. The van der Waals surface area contributed by atoms with Crippen LogP contribution in [0.25, 0.3) is 16.9 Å². The Kier molecular flexibility index (Phi) is 6.43. The molecule has 2 aromatic carbocycles. The number of hydrogen-bond acceptors (Lipinski definition) is 4. The number of carbonyl (C=O) groups is 1. The molecule has 2 heterocycles. The van der Waals surface area contributed by atoms with Gasteiger partial charge in [-0.05, 0) is 73.9 Å². The number of fused-ring (bicyclic) bond motifs is 1. The van der Waals surface area contributed by atoms with Gasteiger partial charge in [0.15, 0.2) is 0 Å². The molecule has 1 N–H and O–H groups in total. The number of rotatable bonds is 5. The zero-order valence-electron chi connectivity index (χ0n) is 19.8. The number of nitrogens with zero attached hydrogens (tertiary/aromatic N) is 2. The minimum absolute atomic E-state index is 0.0382. The van der Waals surface area contributed by atoms with Crippen molar-refractivity contribution in [1.82, 2.24) is 9.38 Å². The smallest absolute Gasteiger partial charge is 0.416 e. The summed E-state index contributed by atoms with van der Waals surface area (Å²) in [6.45, 7) is 2.02. The number of hydrogen-bond donors (Lipinski definition) is 1. The summed E-state index contributed by atoms with van der Waals surface area (Å²) >= 11 is 0. The van der Waals surface area contributed by atoms with Gasteiger partial charge in [0.1, 0.15) is 22.9 Å². The highest BCUT2D eigenvalue weighted by Crippen LogP contribution is 2.34. The summed E-state index contributed by atoms with van der Waals surface area (Å²) in [5.41, 5.74) is 2.65.